The van der Waals surface area contributed by atoms with Gasteiger partial charge in [-0.15, -0.1) is 0 Å². The quantitative estimate of drug-likeness (QED) is 0.461. The molecule has 0 unspecified atom stereocenters. The van der Waals surface area contributed by atoms with E-state index in [4.69, 9.17) is 9.29 Å². The highest BCUT2D eigenvalue weighted by Crippen LogP contribution is 2.40. The molecule has 13 heteroatoms. The minimum Gasteiger partial charge on any atom is -0.439 e. The third-order valence-corrected chi connectivity index (χ3v) is 6.87. The van der Waals surface area contributed by atoms with Crippen molar-refractivity contribution in [3.63, 3.8) is 0 Å². The van der Waals surface area contributed by atoms with Crippen molar-refractivity contribution in [1.82, 2.24) is 0 Å². The maximum atomic E-state index is 12.9. The molecule has 2 aliphatic rings. The molecule has 0 aromatic heterocycles. The topological polar surface area (TPSA) is 154 Å². The van der Waals surface area contributed by atoms with Crippen molar-refractivity contribution in [3.8, 4) is 5.75 Å². The van der Waals surface area contributed by atoms with Gasteiger partial charge < -0.3 is 9.64 Å². The zero-order valence-corrected chi connectivity index (χ0v) is 19.5. The van der Waals surface area contributed by atoms with E-state index >= 15 is 0 Å². The van der Waals surface area contributed by atoms with Gasteiger partial charge in [0, 0.05) is 6.54 Å². The molecular formula is C21H19N3O8S2. The molecule has 0 saturated carbocycles. The smallest absolute Gasteiger partial charge is 0.294 e. The predicted octanol–water partition coefficient (Wildman–Crippen LogP) is 2.59. The number of hydrogen-bond acceptors (Lipinski definition) is 8. The van der Waals surface area contributed by atoms with Gasteiger partial charge in [-0.05, 0) is 68.5 Å². The molecule has 2 N–H and O–H groups in total. The zero-order chi connectivity index (χ0) is 24.8. The Balaban J connectivity index is 1.61. The van der Waals surface area contributed by atoms with Crippen LogP contribution in [0.2, 0.25) is 0 Å². The van der Waals surface area contributed by atoms with Crippen LogP contribution in [0.3, 0.4) is 0 Å². The van der Waals surface area contributed by atoms with Gasteiger partial charge in [-0.25, -0.2) is 0 Å². The van der Waals surface area contributed by atoms with Crippen molar-refractivity contribution in [1.29, 1.82) is 0 Å². The summed E-state index contributed by atoms with van der Waals surface area (Å²) in [7, 11) is -8.75. The summed E-state index contributed by atoms with van der Waals surface area (Å²) in [6, 6.07) is 8.98. The van der Waals surface area contributed by atoms with Gasteiger partial charge in [-0.1, -0.05) is 0 Å². The number of anilines is 2. The van der Waals surface area contributed by atoms with Crippen LogP contribution in [0.5, 0.6) is 5.75 Å². The average Bonchev–Trinajstić information content (AvgIpc) is 3.26. The lowest BCUT2D eigenvalue weighted by Crippen LogP contribution is -2.22. The largest absolute Gasteiger partial charge is 0.439 e. The number of rotatable bonds is 5. The first-order valence-electron chi connectivity index (χ1n) is 9.86. The van der Waals surface area contributed by atoms with Crippen LogP contribution < -0.4 is 14.6 Å². The van der Waals surface area contributed by atoms with Crippen LogP contribution in [0.25, 0.3) is 0 Å². The Hall–Kier alpha value is -3.52. The SMILES string of the molecule is CCN1C(=CC=C2C(=O)N(c3ccc(S(=O)(=O)O)cc3)N=C2C)Oc2ccc(S(=O)(=O)O)cc21. The van der Waals surface area contributed by atoms with Crippen molar-refractivity contribution in [2.45, 2.75) is 23.6 Å². The van der Waals surface area contributed by atoms with Crippen LogP contribution in [-0.4, -0.2) is 44.1 Å². The molecule has 2 aromatic carbocycles. The molecule has 0 aliphatic carbocycles. The molecule has 0 bridgehead atoms. The van der Waals surface area contributed by atoms with Crippen molar-refractivity contribution in [2.24, 2.45) is 5.10 Å². The number of carbonyl (C=O) groups is 1. The Labute approximate surface area is 195 Å². The minimum absolute atomic E-state index is 0.264. The highest BCUT2D eigenvalue weighted by Gasteiger charge is 2.30. The van der Waals surface area contributed by atoms with Crippen LogP contribution in [0, 0.1) is 0 Å². The summed E-state index contributed by atoms with van der Waals surface area (Å²) in [6.45, 7) is 3.88. The third kappa shape index (κ3) is 4.33. The Kier molecular flexibility index (Phi) is 5.81. The second-order valence-electron chi connectivity index (χ2n) is 7.31. The van der Waals surface area contributed by atoms with E-state index < -0.39 is 26.1 Å². The first kappa shape index (κ1) is 23.6. The maximum absolute atomic E-state index is 12.9. The molecule has 2 heterocycles. The van der Waals surface area contributed by atoms with E-state index in [1.807, 2.05) is 6.92 Å². The number of amides is 1. The first-order valence-corrected chi connectivity index (χ1v) is 12.7. The Morgan fingerprint density at radius 1 is 0.971 bits per heavy atom. The second-order valence-corrected chi connectivity index (χ2v) is 10.2. The van der Waals surface area contributed by atoms with Crippen LogP contribution in [-0.2, 0) is 25.0 Å². The van der Waals surface area contributed by atoms with Gasteiger partial charge in [0.15, 0.2) is 5.75 Å². The summed E-state index contributed by atoms with van der Waals surface area (Å²) in [6.07, 6.45) is 3.06. The monoisotopic (exact) mass is 505 g/mol. The summed E-state index contributed by atoms with van der Waals surface area (Å²) >= 11 is 0. The molecule has 2 aromatic rings. The van der Waals surface area contributed by atoms with Crippen LogP contribution in [0.4, 0.5) is 11.4 Å². The molecule has 1 amide bonds. The molecule has 0 saturated heterocycles. The zero-order valence-electron chi connectivity index (χ0n) is 17.9. The molecule has 0 radical (unpaired) electrons. The fraction of sp³-hybridized carbons (Fsp3) is 0.143. The van der Waals surface area contributed by atoms with Gasteiger partial charge >= 0.3 is 0 Å². The van der Waals surface area contributed by atoms with Crippen molar-refractivity contribution >= 4 is 43.2 Å². The van der Waals surface area contributed by atoms with Gasteiger partial charge in [0.2, 0.25) is 5.88 Å². The lowest BCUT2D eigenvalue weighted by atomic mass is 10.1. The number of hydrogen-bond donors (Lipinski definition) is 2. The lowest BCUT2D eigenvalue weighted by Gasteiger charge is -2.15. The second kappa shape index (κ2) is 8.36. The normalized spacial score (nSPS) is 18.5. The molecule has 34 heavy (non-hydrogen) atoms. The molecule has 0 spiro atoms. The molecule has 0 atom stereocenters. The standard InChI is InChI=1S/C21H19N3O8S2/c1-3-23-18-12-16(34(29,30)31)8-10-19(18)32-20(23)11-9-17-13(2)22-24(21(17)25)14-4-6-15(7-5-14)33(26,27)28/h4-12H,3H2,1-2H3,(H,26,27,28)(H,29,30,31). The number of benzene rings is 2. The van der Waals surface area contributed by atoms with E-state index in [1.165, 1.54) is 36.4 Å². The maximum Gasteiger partial charge on any atom is 0.294 e. The number of allylic oxidation sites excluding steroid dienone is 2. The molecule has 2 aliphatic heterocycles. The molecule has 178 valence electrons. The predicted molar refractivity (Wildman–Crippen MR) is 123 cm³/mol. The van der Waals surface area contributed by atoms with E-state index in [2.05, 4.69) is 5.10 Å². The summed E-state index contributed by atoms with van der Waals surface area (Å²) in [5.74, 6) is 0.276. The number of hydrazone groups is 1. The Bertz CT molecular complexity index is 1490. The van der Waals surface area contributed by atoms with Gasteiger partial charge in [-0.2, -0.15) is 26.9 Å². The molecular weight excluding hydrogens is 486 g/mol. The molecule has 4 rings (SSSR count). The van der Waals surface area contributed by atoms with Crippen LogP contribution in [0.1, 0.15) is 13.8 Å². The fourth-order valence-electron chi connectivity index (χ4n) is 3.49. The van der Waals surface area contributed by atoms with Crippen LogP contribution in [0.15, 0.2) is 81.0 Å². The van der Waals surface area contributed by atoms with Gasteiger partial charge in [0.05, 0.1) is 32.5 Å². The lowest BCUT2D eigenvalue weighted by molar-refractivity contribution is -0.114. The number of fused-ring (bicyclic) bond motifs is 1. The summed E-state index contributed by atoms with van der Waals surface area (Å²) < 4.78 is 69.6. The summed E-state index contributed by atoms with van der Waals surface area (Å²) in [4.78, 5) is 14.0. The highest BCUT2D eigenvalue weighted by molar-refractivity contribution is 7.86. The molecule has 11 nitrogen and oxygen atoms in total. The summed E-state index contributed by atoms with van der Waals surface area (Å²) in [5, 5.41) is 5.32. The van der Waals surface area contributed by atoms with Gasteiger partial charge in [0.1, 0.15) is 0 Å². The minimum atomic E-state index is -4.38. The first-order chi connectivity index (χ1) is 15.9. The summed E-state index contributed by atoms with van der Waals surface area (Å²) in [5.41, 5.74) is 1.43. The van der Waals surface area contributed by atoms with Gasteiger partial charge in [-0.3, -0.25) is 13.9 Å². The Morgan fingerprint density at radius 3 is 2.18 bits per heavy atom. The fourth-order valence-corrected chi connectivity index (χ4v) is 4.47. The number of ether oxygens (including phenoxy) is 1. The van der Waals surface area contributed by atoms with Crippen molar-refractivity contribution in [2.75, 3.05) is 16.5 Å². The number of nitrogens with zero attached hydrogens (tertiary/aromatic N) is 3. The van der Waals surface area contributed by atoms with E-state index in [1.54, 1.807) is 17.9 Å². The van der Waals surface area contributed by atoms with E-state index in [-0.39, 0.29) is 15.4 Å². The molecule has 0 fully saturated rings. The van der Waals surface area contributed by atoms with E-state index in [9.17, 15) is 26.2 Å². The van der Waals surface area contributed by atoms with Crippen molar-refractivity contribution in [3.05, 3.63) is 66.1 Å². The third-order valence-electron chi connectivity index (χ3n) is 5.15. The van der Waals surface area contributed by atoms with E-state index in [0.29, 0.717) is 35.3 Å². The van der Waals surface area contributed by atoms with E-state index in [0.717, 1.165) is 17.1 Å². The Morgan fingerprint density at radius 2 is 1.59 bits per heavy atom. The van der Waals surface area contributed by atoms with Crippen molar-refractivity contribution < 1.29 is 35.5 Å². The number of carbonyl (C=O) groups excluding carboxylic acids is 1. The van der Waals surface area contributed by atoms with Crippen LogP contribution >= 0.6 is 0 Å². The highest BCUT2D eigenvalue weighted by atomic mass is 32.2. The average molecular weight is 506 g/mol. The van der Waals surface area contributed by atoms with Gasteiger partial charge in [0.25, 0.3) is 26.1 Å².